The van der Waals surface area contributed by atoms with E-state index in [9.17, 15) is 0 Å². The van der Waals surface area contributed by atoms with Crippen molar-refractivity contribution in [3.63, 3.8) is 0 Å². The van der Waals surface area contributed by atoms with Crippen LogP contribution in [0.2, 0.25) is 4.34 Å². The molecule has 0 fully saturated rings. The van der Waals surface area contributed by atoms with Crippen molar-refractivity contribution in [3.05, 3.63) is 49.6 Å². The number of rotatable bonds is 3. The van der Waals surface area contributed by atoms with Crippen molar-refractivity contribution in [3.8, 4) is 5.75 Å². The van der Waals surface area contributed by atoms with Crippen molar-refractivity contribution in [2.24, 2.45) is 5.73 Å². The maximum Gasteiger partial charge on any atom is 0.124 e. The van der Waals surface area contributed by atoms with E-state index < -0.39 is 0 Å². The molecule has 1 heterocycles. The van der Waals surface area contributed by atoms with E-state index in [-0.39, 0.29) is 6.04 Å². The molecule has 1 unspecified atom stereocenters. The van der Waals surface area contributed by atoms with E-state index in [1.54, 1.807) is 7.11 Å². The summed E-state index contributed by atoms with van der Waals surface area (Å²) in [6.07, 6.45) is 0. The second-order valence-electron chi connectivity index (χ2n) is 3.49. The number of hydrogen-bond donors (Lipinski definition) is 1. The van der Waals surface area contributed by atoms with Crippen LogP contribution in [-0.4, -0.2) is 7.11 Å². The topological polar surface area (TPSA) is 35.2 Å². The van der Waals surface area contributed by atoms with E-state index in [0.717, 1.165) is 20.7 Å². The highest BCUT2D eigenvalue weighted by Crippen LogP contribution is 2.38. The molecule has 0 bridgehead atoms. The van der Waals surface area contributed by atoms with Gasteiger partial charge in [0.1, 0.15) is 10.1 Å². The van der Waals surface area contributed by atoms with Crippen LogP contribution >= 0.6 is 38.9 Å². The third kappa shape index (κ3) is 2.65. The zero-order valence-corrected chi connectivity index (χ0v) is 12.3. The number of nitrogens with two attached hydrogens (primary N) is 1. The van der Waals surface area contributed by atoms with Gasteiger partial charge in [-0.25, -0.2) is 0 Å². The molecule has 90 valence electrons. The molecule has 17 heavy (non-hydrogen) atoms. The molecular weight excluding hydrogens is 322 g/mol. The van der Waals surface area contributed by atoms with Gasteiger partial charge in [-0.1, -0.05) is 29.8 Å². The quantitative estimate of drug-likeness (QED) is 0.913. The number of hydrogen-bond acceptors (Lipinski definition) is 3. The molecule has 5 heteroatoms. The summed E-state index contributed by atoms with van der Waals surface area (Å²) in [6, 6.07) is 9.46. The molecule has 2 rings (SSSR count). The zero-order chi connectivity index (χ0) is 12.4. The summed E-state index contributed by atoms with van der Waals surface area (Å²) in [5, 5.41) is 0. The summed E-state index contributed by atoms with van der Waals surface area (Å²) in [5.41, 5.74) is 7.18. The fourth-order valence-corrected chi connectivity index (χ4v) is 3.35. The SMILES string of the molecule is COc1ccccc1C(N)c1cc(Br)c(Cl)s1. The van der Waals surface area contributed by atoms with Crippen LogP contribution in [0.4, 0.5) is 0 Å². The van der Waals surface area contributed by atoms with Gasteiger partial charge in [-0.2, -0.15) is 0 Å². The highest BCUT2D eigenvalue weighted by molar-refractivity contribution is 9.10. The Morgan fingerprint density at radius 2 is 2.12 bits per heavy atom. The van der Waals surface area contributed by atoms with Gasteiger partial charge in [-0.3, -0.25) is 0 Å². The van der Waals surface area contributed by atoms with Gasteiger partial charge in [-0.15, -0.1) is 11.3 Å². The Labute approximate surface area is 117 Å². The standard InChI is InChI=1S/C12H11BrClNOS/c1-16-9-5-3-2-4-7(9)11(15)10-6-8(13)12(14)17-10/h2-6,11H,15H2,1H3. The van der Waals surface area contributed by atoms with Crippen LogP contribution in [0.3, 0.4) is 0 Å². The van der Waals surface area contributed by atoms with Gasteiger partial charge in [0.15, 0.2) is 0 Å². The Balaban J connectivity index is 2.39. The third-order valence-corrected chi connectivity index (χ3v) is 5.00. The van der Waals surface area contributed by atoms with E-state index in [1.165, 1.54) is 11.3 Å². The first-order valence-corrected chi connectivity index (χ1v) is 6.95. The van der Waals surface area contributed by atoms with Gasteiger partial charge < -0.3 is 10.5 Å². The Morgan fingerprint density at radius 3 is 2.71 bits per heavy atom. The van der Waals surface area contributed by atoms with Gasteiger partial charge >= 0.3 is 0 Å². The second kappa shape index (κ2) is 5.40. The molecule has 2 aromatic rings. The lowest BCUT2D eigenvalue weighted by atomic mass is 10.1. The van der Waals surface area contributed by atoms with Crippen LogP contribution < -0.4 is 10.5 Å². The monoisotopic (exact) mass is 331 g/mol. The fourth-order valence-electron chi connectivity index (χ4n) is 1.59. The van der Waals surface area contributed by atoms with Gasteiger partial charge in [0.2, 0.25) is 0 Å². The minimum atomic E-state index is -0.222. The summed E-state index contributed by atoms with van der Waals surface area (Å²) in [7, 11) is 1.64. The van der Waals surface area contributed by atoms with Crippen molar-refractivity contribution >= 4 is 38.9 Å². The maximum atomic E-state index is 6.23. The van der Waals surface area contributed by atoms with Crippen LogP contribution in [0.15, 0.2) is 34.8 Å². The molecular formula is C12H11BrClNOS. The molecule has 0 aliphatic carbocycles. The summed E-state index contributed by atoms with van der Waals surface area (Å²) in [6.45, 7) is 0. The fraction of sp³-hybridized carbons (Fsp3) is 0.167. The average Bonchev–Trinajstić information content (AvgIpc) is 2.68. The number of para-hydroxylation sites is 1. The van der Waals surface area contributed by atoms with Crippen LogP contribution in [0.25, 0.3) is 0 Å². The largest absolute Gasteiger partial charge is 0.496 e. The molecule has 0 amide bonds. The number of halogens is 2. The highest BCUT2D eigenvalue weighted by Gasteiger charge is 2.17. The molecule has 0 radical (unpaired) electrons. The van der Waals surface area contributed by atoms with E-state index in [2.05, 4.69) is 15.9 Å². The Morgan fingerprint density at radius 1 is 1.41 bits per heavy atom. The normalized spacial score (nSPS) is 12.5. The van der Waals surface area contributed by atoms with Crippen LogP contribution in [0.5, 0.6) is 5.75 Å². The Kier molecular flexibility index (Phi) is 4.09. The number of benzene rings is 1. The average molecular weight is 333 g/mol. The Hall–Kier alpha value is -0.550. The molecule has 0 saturated heterocycles. The van der Waals surface area contributed by atoms with E-state index in [1.807, 2.05) is 30.3 Å². The second-order valence-corrected chi connectivity index (χ2v) is 6.03. The smallest absolute Gasteiger partial charge is 0.124 e. The minimum Gasteiger partial charge on any atom is -0.496 e. The van der Waals surface area contributed by atoms with Crippen LogP contribution in [0, 0.1) is 0 Å². The number of thiophene rings is 1. The Bertz CT molecular complexity index is 509. The van der Waals surface area contributed by atoms with Gasteiger partial charge in [-0.05, 0) is 28.1 Å². The first kappa shape index (κ1) is 12.9. The van der Waals surface area contributed by atoms with Crippen molar-refractivity contribution in [2.45, 2.75) is 6.04 Å². The minimum absolute atomic E-state index is 0.222. The lowest BCUT2D eigenvalue weighted by Crippen LogP contribution is -2.11. The lowest BCUT2D eigenvalue weighted by Gasteiger charge is -2.13. The molecule has 1 aromatic carbocycles. The summed E-state index contributed by atoms with van der Waals surface area (Å²) < 4.78 is 6.90. The van der Waals surface area contributed by atoms with E-state index in [4.69, 9.17) is 22.1 Å². The van der Waals surface area contributed by atoms with Crippen molar-refractivity contribution < 1.29 is 4.74 Å². The third-order valence-electron chi connectivity index (χ3n) is 2.44. The highest BCUT2D eigenvalue weighted by atomic mass is 79.9. The first-order chi connectivity index (χ1) is 8.13. The summed E-state index contributed by atoms with van der Waals surface area (Å²) in [5.74, 6) is 0.792. The maximum absolute atomic E-state index is 6.23. The van der Waals surface area contributed by atoms with Gasteiger partial charge in [0.05, 0.1) is 13.2 Å². The molecule has 1 atom stereocenters. The van der Waals surface area contributed by atoms with Crippen molar-refractivity contribution in [1.29, 1.82) is 0 Å². The zero-order valence-electron chi connectivity index (χ0n) is 9.11. The van der Waals surface area contributed by atoms with Crippen molar-refractivity contribution in [2.75, 3.05) is 7.11 Å². The molecule has 2 N–H and O–H groups in total. The molecule has 0 saturated carbocycles. The van der Waals surface area contributed by atoms with E-state index in [0.29, 0.717) is 4.34 Å². The van der Waals surface area contributed by atoms with Crippen LogP contribution in [-0.2, 0) is 0 Å². The van der Waals surface area contributed by atoms with Gasteiger partial charge in [0, 0.05) is 14.9 Å². The predicted octanol–water partition coefficient (Wildman–Crippen LogP) is 4.22. The van der Waals surface area contributed by atoms with Gasteiger partial charge in [0.25, 0.3) is 0 Å². The predicted molar refractivity (Wildman–Crippen MR) is 76.1 cm³/mol. The molecule has 0 spiro atoms. The summed E-state index contributed by atoms with van der Waals surface area (Å²) >= 11 is 10.9. The number of methoxy groups -OCH3 is 1. The lowest BCUT2D eigenvalue weighted by molar-refractivity contribution is 0.408. The van der Waals surface area contributed by atoms with E-state index >= 15 is 0 Å². The van der Waals surface area contributed by atoms with Crippen molar-refractivity contribution in [1.82, 2.24) is 0 Å². The molecule has 0 aliphatic heterocycles. The molecule has 1 aromatic heterocycles. The molecule has 0 aliphatic rings. The summed E-state index contributed by atoms with van der Waals surface area (Å²) in [4.78, 5) is 1.01. The van der Waals surface area contributed by atoms with Crippen LogP contribution in [0.1, 0.15) is 16.5 Å². The number of ether oxygens (including phenoxy) is 1. The molecule has 2 nitrogen and oxygen atoms in total. The first-order valence-electron chi connectivity index (χ1n) is 4.96.